The molecule has 1 unspecified atom stereocenters. The van der Waals surface area contributed by atoms with Gasteiger partial charge in [-0.05, 0) is 28.8 Å². The van der Waals surface area contributed by atoms with Crippen molar-refractivity contribution in [1.82, 2.24) is 4.90 Å². The van der Waals surface area contributed by atoms with Crippen LogP contribution in [0.2, 0.25) is 0 Å². The number of nitrogens with two attached hydrogens (primary N) is 1. The molecule has 2 nitrogen and oxygen atoms in total. The van der Waals surface area contributed by atoms with Gasteiger partial charge in [-0.15, -0.1) is 0 Å². The van der Waals surface area contributed by atoms with Gasteiger partial charge in [-0.1, -0.05) is 84.9 Å². The topological polar surface area (TPSA) is 29.3 Å². The molecule has 2 aliphatic rings. The summed E-state index contributed by atoms with van der Waals surface area (Å²) in [5, 5.41) is 0. The Morgan fingerprint density at radius 2 is 1.37 bits per heavy atom. The number of benzene rings is 3. The third kappa shape index (κ3) is 2.45. The summed E-state index contributed by atoms with van der Waals surface area (Å²) in [6.45, 7) is 0.854. The first-order valence-electron chi connectivity index (χ1n) is 9.42. The normalized spacial score (nSPS) is 19.8. The SMILES string of the molecule is NC1C=CN2CC(c3ccccc3)(c3ccccc3)c3ccccc3C2=C1. The summed E-state index contributed by atoms with van der Waals surface area (Å²) >= 11 is 0. The predicted molar refractivity (Wildman–Crippen MR) is 111 cm³/mol. The van der Waals surface area contributed by atoms with Gasteiger partial charge < -0.3 is 10.6 Å². The Hall–Kier alpha value is -3.10. The van der Waals surface area contributed by atoms with Crippen LogP contribution >= 0.6 is 0 Å². The standard InChI is InChI=1S/C25H22N2/c26-21-15-16-27-18-25(19-9-3-1-4-10-19,20-11-5-2-6-12-20)23-14-8-7-13-22(23)24(27)17-21/h1-17,21H,18,26H2. The van der Waals surface area contributed by atoms with Gasteiger partial charge in [-0.2, -0.15) is 0 Å². The largest absolute Gasteiger partial charge is 0.346 e. The van der Waals surface area contributed by atoms with E-state index in [4.69, 9.17) is 5.73 Å². The van der Waals surface area contributed by atoms with Crippen molar-refractivity contribution >= 4 is 5.70 Å². The van der Waals surface area contributed by atoms with Gasteiger partial charge in [-0.25, -0.2) is 0 Å². The van der Waals surface area contributed by atoms with Crippen LogP contribution in [-0.4, -0.2) is 17.5 Å². The van der Waals surface area contributed by atoms with Crippen molar-refractivity contribution in [3.63, 3.8) is 0 Å². The molecule has 1 atom stereocenters. The summed E-state index contributed by atoms with van der Waals surface area (Å²) in [5.74, 6) is 0. The zero-order valence-electron chi connectivity index (χ0n) is 15.1. The van der Waals surface area contributed by atoms with E-state index in [1.807, 2.05) is 0 Å². The van der Waals surface area contributed by atoms with Crippen LogP contribution in [0.5, 0.6) is 0 Å². The van der Waals surface area contributed by atoms with Crippen LogP contribution in [0.3, 0.4) is 0 Å². The Labute approximate surface area is 160 Å². The maximum Gasteiger partial charge on any atom is 0.0636 e. The first kappa shape index (κ1) is 16.1. The van der Waals surface area contributed by atoms with E-state index in [-0.39, 0.29) is 11.5 Å². The smallest absolute Gasteiger partial charge is 0.0636 e. The van der Waals surface area contributed by atoms with Gasteiger partial charge in [0.05, 0.1) is 5.41 Å². The lowest BCUT2D eigenvalue weighted by molar-refractivity contribution is 0.405. The van der Waals surface area contributed by atoms with Crippen LogP contribution in [0.4, 0.5) is 0 Å². The Balaban J connectivity index is 1.85. The Morgan fingerprint density at radius 1 is 0.778 bits per heavy atom. The van der Waals surface area contributed by atoms with E-state index < -0.39 is 0 Å². The van der Waals surface area contributed by atoms with Crippen LogP contribution in [0.15, 0.2) is 103 Å². The van der Waals surface area contributed by atoms with Crippen molar-refractivity contribution in [3.8, 4) is 0 Å². The zero-order valence-corrected chi connectivity index (χ0v) is 15.1. The molecule has 3 aromatic rings. The fourth-order valence-corrected chi connectivity index (χ4v) is 4.52. The quantitative estimate of drug-likeness (QED) is 0.736. The Bertz CT molecular complexity index is 979. The number of rotatable bonds is 2. The van der Waals surface area contributed by atoms with Gasteiger partial charge in [0.2, 0.25) is 0 Å². The molecule has 0 bridgehead atoms. The molecule has 27 heavy (non-hydrogen) atoms. The molecular weight excluding hydrogens is 328 g/mol. The first-order chi connectivity index (χ1) is 13.3. The monoisotopic (exact) mass is 350 g/mol. The van der Waals surface area contributed by atoms with Gasteiger partial charge in [0.15, 0.2) is 0 Å². The maximum absolute atomic E-state index is 6.20. The van der Waals surface area contributed by atoms with E-state index in [0.717, 1.165) is 6.54 Å². The summed E-state index contributed by atoms with van der Waals surface area (Å²) in [7, 11) is 0. The molecular formula is C25H22N2. The molecule has 3 aromatic carbocycles. The first-order valence-corrected chi connectivity index (χ1v) is 9.42. The summed E-state index contributed by atoms with van der Waals surface area (Å²) in [5.41, 5.74) is 12.4. The summed E-state index contributed by atoms with van der Waals surface area (Å²) < 4.78 is 0. The minimum Gasteiger partial charge on any atom is -0.346 e. The second-order valence-electron chi connectivity index (χ2n) is 7.28. The van der Waals surface area contributed by atoms with E-state index in [1.54, 1.807) is 0 Å². The molecule has 5 rings (SSSR count). The van der Waals surface area contributed by atoms with Crippen LogP contribution in [-0.2, 0) is 5.41 Å². The molecule has 0 fully saturated rings. The van der Waals surface area contributed by atoms with Crippen molar-refractivity contribution in [2.45, 2.75) is 11.5 Å². The highest BCUT2D eigenvalue weighted by Gasteiger charge is 2.44. The number of nitrogens with zero attached hydrogens (tertiary/aromatic N) is 1. The van der Waals surface area contributed by atoms with Gasteiger partial charge in [-0.3, -0.25) is 0 Å². The summed E-state index contributed by atoms with van der Waals surface area (Å²) in [6, 6.07) is 30.4. The summed E-state index contributed by atoms with van der Waals surface area (Å²) in [6.07, 6.45) is 6.38. The molecule has 0 spiro atoms. The number of hydrogen-bond donors (Lipinski definition) is 1. The third-order valence-corrected chi connectivity index (χ3v) is 5.75. The fourth-order valence-electron chi connectivity index (χ4n) is 4.52. The second-order valence-corrected chi connectivity index (χ2v) is 7.28. The van der Waals surface area contributed by atoms with Crippen molar-refractivity contribution in [2.24, 2.45) is 5.73 Å². The third-order valence-electron chi connectivity index (χ3n) is 5.75. The molecule has 2 N–H and O–H groups in total. The van der Waals surface area contributed by atoms with Crippen molar-refractivity contribution < 1.29 is 0 Å². The van der Waals surface area contributed by atoms with Crippen molar-refractivity contribution in [2.75, 3.05) is 6.54 Å². The highest BCUT2D eigenvalue weighted by molar-refractivity contribution is 5.76. The van der Waals surface area contributed by atoms with Gasteiger partial charge in [0.1, 0.15) is 0 Å². The second kappa shape index (κ2) is 6.26. The van der Waals surface area contributed by atoms with Crippen LogP contribution in [0, 0.1) is 0 Å². The van der Waals surface area contributed by atoms with Crippen LogP contribution in [0.1, 0.15) is 22.3 Å². The number of fused-ring (bicyclic) bond motifs is 3. The molecule has 0 aliphatic carbocycles. The minimum atomic E-state index is -0.234. The van der Waals surface area contributed by atoms with E-state index in [9.17, 15) is 0 Å². The van der Waals surface area contributed by atoms with E-state index in [1.165, 1.54) is 28.0 Å². The number of hydrogen-bond acceptors (Lipinski definition) is 2. The molecule has 0 amide bonds. The molecule has 132 valence electrons. The lowest BCUT2D eigenvalue weighted by Crippen LogP contribution is -2.46. The van der Waals surface area contributed by atoms with Gasteiger partial charge >= 0.3 is 0 Å². The molecule has 0 aromatic heterocycles. The average Bonchev–Trinajstić information content (AvgIpc) is 2.74. The highest BCUT2D eigenvalue weighted by Crippen LogP contribution is 2.48. The molecule has 0 radical (unpaired) electrons. The van der Waals surface area contributed by atoms with E-state index in [2.05, 4.69) is 108 Å². The average molecular weight is 350 g/mol. The van der Waals surface area contributed by atoms with Crippen LogP contribution in [0.25, 0.3) is 5.70 Å². The predicted octanol–water partition coefficient (Wildman–Crippen LogP) is 4.53. The van der Waals surface area contributed by atoms with E-state index in [0.29, 0.717) is 0 Å². The molecule has 2 heterocycles. The lowest BCUT2D eigenvalue weighted by Gasteiger charge is -2.47. The van der Waals surface area contributed by atoms with Gasteiger partial charge in [0, 0.05) is 30.0 Å². The Morgan fingerprint density at radius 3 is 2.04 bits per heavy atom. The fraction of sp³-hybridized carbons (Fsp3) is 0.120. The van der Waals surface area contributed by atoms with Crippen molar-refractivity contribution in [3.05, 3.63) is 126 Å². The molecule has 0 saturated carbocycles. The molecule has 0 saturated heterocycles. The lowest BCUT2D eigenvalue weighted by atomic mass is 9.65. The maximum atomic E-state index is 6.20. The molecule has 2 aliphatic heterocycles. The van der Waals surface area contributed by atoms with Crippen LogP contribution < -0.4 is 5.73 Å². The van der Waals surface area contributed by atoms with E-state index >= 15 is 0 Å². The minimum absolute atomic E-state index is 0.0368. The Kier molecular flexibility index (Phi) is 3.73. The van der Waals surface area contributed by atoms with Gasteiger partial charge in [0.25, 0.3) is 0 Å². The van der Waals surface area contributed by atoms with Crippen molar-refractivity contribution in [1.29, 1.82) is 0 Å². The highest BCUT2D eigenvalue weighted by atomic mass is 15.1. The molecule has 2 heteroatoms. The zero-order chi connectivity index (χ0) is 18.3. The summed E-state index contributed by atoms with van der Waals surface area (Å²) in [4.78, 5) is 2.35.